The van der Waals surface area contributed by atoms with E-state index >= 15 is 0 Å². The van der Waals surface area contributed by atoms with Crippen molar-refractivity contribution in [2.24, 2.45) is 17.8 Å². The zero-order chi connectivity index (χ0) is 9.64. The van der Waals surface area contributed by atoms with Crippen molar-refractivity contribution in [3.63, 3.8) is 0 Å². The normalized spacial score (nSPS) is 56.9. The molecule has 1 aliphatic heterocycles. The molecule has 0 nitrogen and oxygen atoms in total. The van der Waals surface area contributed by atoms with Gasteiger partial charge >= 0.3 is 107 Å². The third-order valence-electron chi connectivity index (χ3n) is 3.88. The van der Waals surface area contributed by atoms with Crippen LogP contribution in [0.5, 0.6) is 0 Å². The van der Waals surface area contributed by atoms with Gasteiger partial charge in [0.25, 0.3) is 0 Å². The Hall–Kier alpha value is 1.46. The molecule has 0 amide bonds. The zero-order valence-electron chi connectivity index (χ0n) is 8.69. The summed E-state index contributed by atoms with van der Waals surface area (Å²) in [5.74, 6) is 3.14. The Kier molecular flexibility index (Phi) is 3.20. The van der Waals surface area contributed by atoms with Gasteiger partial charge in [0.15, 0.2) is 0 Å². The second-order valence-corrected chi connectivity index (χ2v) is 13.5. The second-order valence-electron chi connectivity index (χ2n) is 5.03. The van der Waals surface area contributed by atoms with Crippen LogP contribution in [0.3, 0.4) is 0 Å². The van der Waals surface area contributed by atoms with Gasteiger partial charge in [-0.3, -0.25) is 0 Å². The first kappa shape index (κ1) is 11.0. The number of hydrogen-bond donors (Lipinski definition) is 0. The molecule has 0 radical (unpaired) electrons. The van der Waals surface area contributed by atoms with Gasteiger partial charge in [-0.25, -0.2) is 0 Å². The predicted octanol–water partition coefficient (Wildman–Crippen LogP) is 0.681. The molecule has 1 saturated heterocycles. The van der Waals surface area contributed by atoms with E-state index in [1.165, 1.54) is 19.3 Å². The van der Waals surface area contributed by atoms with Gasteiger partial charge in [0.05, 0.1) is 0 Å². The molecule has 1 heterocycles. The minimum atomic E-state index is 0.467. The quantitative estimate of drug-likeness (QED) is 0.445. The van der Waals surface area contributed by atoms with Gasteiger partial charge in [0, 0.05) is 0 Å². The molecule has 2 fully saturated rings. The molecule has 5 atom stereocenters. The molecule has 0 bridgehead atoms. The van der Waals surface area contributed by atoms with Crippen LogP contribution in [0.15, 0.2) is 0 Å². The number of rotatable bonds is 1. The van der Waals surface area contributed by atoms with E-state index in [1.807, 2.05) is 0 Å². The molecular formula is C11H19I2-. The van der Waals surface area contributed by atoms with Gasteiger partial charge in [0.1, 0.15) is 0 Å². The van der Waals surface area contributed by atoms with E-state index in [2.05, 4.69) is 43.4 Å². The van der Waals surface area contributed by atoms with Gasteiger partial charge in [0.2, 0.25) is 0 Å². The molecule has 0 aromatic heterocycles. The van der Waals surface area contributed by atoms with Gasteiger partial charge in [-0.15, -0.1) is 0 Å². The maximum atomic E-state index is 2.69. The van der Waals surface area contributed by atoms with Crippen molar-refractivity contribution in [2.75, 3.05) is 0 Å². The minimum absolute atomic E-state index is 0.467. The Bertz CT molecular complexity index is 196. The molecule has 3 unspecified atom stereocenters. The maximum absolute atomic E-state index is 2.69. The molecule has 0 spiro atoms. The topological polar surface area (TPSA) is 0 Å². The van der Waals surface area contributed by atoms with E-state index < -0.39 is 0 Å². The monoisotopic (exact) mass is 405 g/mol. The summed E-state index contributed by atoms with van der Waals surface area (Å²) in [6.07, 6.45) is 4.55. The van der Waals surface area contributed by atoms with E-state index in [9.17, 15) is 0 Å². The average molecular weight is 405 g/mol. The number of alkyl halides is 3. The van der Waals surface area contributed by atoms with Crippen molar-refractivity contribution in [3.05, 3.63) is 0 Å². The summed E-state index contributed by atoms with van der Waals surface area (Å²) in [5, 5.41) is 0. The first-order chi connectivity index (χ1) is 6.03. The SMILES string of the molecule is CC1C[C@@H](C)C1C1(C)CC[C@@H](I)[I-]1. The van der Waals surface area contributed by atoms with Crippen LogP contribution in [0, 0.1) is 17.8 Å². The summed E-state index contributed by atoms with van der Waals surface area (Å²) >= 11 is 3.16. The van der Waals surface area contributed by atoms with E-state index in [1.54, 1.807) is 0 Å². The van der Waals surface area contributed by atoms with Crippen molar-refractivity contribution in [2.45, 2.75) is 45.4 Å². The van der Waals surface area contributed by atoms with Gasteiger partial charge in [-0.05, 0) is 0 Å². The van der Waals surface area contributed by atoms with Crippen molar-refractivity contribution in [1.82, 2.24) is 0 Å². The molecule has 0 aromatic rings. The Morgan fingerprint density at radius 2 is 1.92 bits per heavy atom. The van der Waals surface area contributed by atoms with Crippen LogP contribution >= 0.6 is 22.6 Å². The Labute approximate surface area is 106 Å². The fourth-order valence-corrected chi connectivity index (χ4v) is 11.8. The Balaban J connectivity index is 2.06. The molecule has 0 aromatic carbocycles. The van der Waals surface area contributed by atoms with Crippen LogP contribution in [-0.4, -0.2) is 5.35 Å². The van der Waals surface area contributed by atoms with E-state index in [-0.39, 0.29) is 0 Å². The summed E-state index contributed by atoms with van der Waals surface area (Å²) in [5.41, 5.74) is 0. The molecule has 2 aliphatic rings. The number of halogens is 2. The summed E-state index contributed by atoms with van der Waals surface area (Å²) in [6, 6.07) is 0. The van der Waals surface area contributed by atoms with Crippen LogP contribution in [0.25, 0.3) is 0 Å². The van der Waals surface area contributed by atoms with E-state index in [4.69, 9.17) is 0 Å². The standard InChI is InChI=1S/C11H19I2/c1-7-6-8(2)10(7)11(3)5-4-9(12)13-11/h7-10H,4-6H2,1-3H3/q-1/t7-,8?,9+,10?,11?/m1/s1. The van der Waals surface area contributed by atoms with Crippen LogP contribution in [0.4, 0.5) is 0 Å². The van der Waals surface area contributed by atoms with Crippen LogP contribution in [-0.2, 0) is 0 Å². The van der Waals surface area contributed by atoms with Gasteiger partial charge < -0.3 is 0 Å². The van der Waals surface area contributed by atoms with E-state index in [0.29, 0.717) is 21.2 Å². The number of hydrogen-bond acceptors (Lipinski definition) is 0. The van der Waals surface area contributed by atoms with Crippen LogP contribution < -0.4 is 21.2 Å². The molecule has 2 rings (SSSR count). The molecule has 78 valence electrons. The summed E-state index contributed by atoms with van der Waals surface area (Å²) in [7, 11) is 0. The Morgan fingerprint density at radius 3 is 2.31 bits per heavy atom. The first-order valence-electron chi connectivity index (χ1n) is 5.31. The van der Waals surface area contributed by atoms with Gasteiger partial charge in [-0.2, -0.15) is 0 Å². The van der Waals surface area contributed by atoms with Crippen LogP contribution in [0.1, 0.15) is 40.0 Å². The van der Waals surface area contributed by atoms with Crippen molar-refractivity contribution in [1.29, 1.82) is 0 Å². The molecule has 0 N–H and O–H groups in total. The van der Waals surface area contributed by atoms with Crippen LogP contribution in [0.2, 0.25) is 0 Å². The zero-order valence-corrected chi connectivity index (χ0v) is 13.0. The summed E-state index contributed by atoms with van der Waals surface area (Å²) in [4.78, 5) is 0. The van der Waals surface area contributed by atoms with Crippen molar-refractivity contribution < 1.29 is 21.2 Å². The summed E-state index contributed by atoms with van der Waals surface area (Å²) in [6.45, 7) is 7.54. The predicted molar refractivity (Wildman–Crippen MR) is 61.9 cm³/mol. The molecular weight excluding hydrogens is 386 g/mol. The third kappa shape index (κ3) is 1.91. The fraction of sp³-hybridized carbons (Fsp3) is 1.00. The van der Waals surface area contributed by atoms with Gasteiger partial charge in [-0.1, -0.05) is 0 Å². The third-order valence-corrected chi connectivity index (χ3v) is 10.1. The van der Waals surface area contributed by atoms with E-state index in [0.717, 1.165) is 23.1 Å². The molecule has 1 saturated carbocycles. The van der Waals surface area contributed by atoms with Crippen molar-refractivity contribution in [3.8, 4) is 0 Å². The first-order valence-corrected chi connectivity index (χ1v) is 8.88. The second kappa shape index (κ2) is 3.80. The molecule has 1 aliphatic carbocycles. The average Bonchev–Trinajstić information content (AvgIpc) is 2.30. The molecule has 2 heteroatoms. The van der Waals surface area contributed by atoms with Crippen molar-refractivity contribution >= 4 is 22.6 Å². The molecule has 13 heavy (non-hydrogen) atoms. The fourth-order valence-electron chi connectivity index (χ4n) is 3.44. The summed E-state index contributed by atoms with van der Waals surface area (Å²) < 4.78 is 1.88. The Morgan fingerprint density at radius 1 is 1.31 bits per heavy atom.